The number of nitrogens with two attached hydrogens (primary N) is 1. The van der Waals surface area contributed by atoms with Gasteiger partial charge in [-0.05, 0) is 37.6 Å². The van der Waals surface area contributed by atoms with E-state index in [0.29, 0.717) is 18.4 Å². The maximum absolute atomic E-state index is 12.1. The fraction of sp³-hybridized carbons (Fsp3) is 0.923. The van der Waals surface area contributed by atoms with Crippen molar-refractivity contribution >= 4 is 6.03 Å². The van der Waals surface area contributed by atoms with E-state index in [4.69, 9.17) is 5.73 Å². The minimum Gasteiger partial charge on any atom is -0.335 e. The standard InChI is InChI=1S/C13H27N3O/c1-10(2)12(6-7-14)15-13(17)16-8-4-5-11(3)9-16/h10-12H,4-9,14H2,1-3H3,(H,15,17). The van der Waals surface area contributed by atoms with E-state index in [1.165, 1.54) is 6.42 Å². The Balaban J connectivity index is 2.45. The maximum atomic E-state index is 12.1. The molecule has 2 amide bonds. The third-order valence-corrected chi connectivity index (χ3v) is 3.54. The highest BCUT2D eigenvalue weighted by molar-refractivity contribution is 5.74. The third kappa shape index (κ3) is 4.54. The highest BCUT2D eigenvalue weighted by Gasteiger charge is 2.23. The molecule has 1 aliphatic rings. The van der Waals surface area contributed by atoms with Crippen LogP contribution in [0.5, 0.6) is 0 Å². The molecule has 0 aromatic carbocycles. The lowest BCUT2D eigenvalue weighted by Gasteiger charge is -2.33. The number of rotatable bonds is 4. The van der Waals surface area contributed by atoms with Gasteiger partial charge in [0, 0.05) is 19.1 Å². The Morgan fingerprint density at radius 1 is 1.53 bits per heavy atom. The summed E-state index contributed by atoms with van der Waals surface area (Å²) in [7, 11) is 0. The molecule has 0 bridgehead atoms. The minimum absolute atomic E-state index is 0.0868. The molecule has 4 heteroatoms. The van der Waals surface area contributed by atoms with Crippen molar-refractivity contribution in [2.75, 3.05) is 19.6 Å². The quantitative estimate of drug-likeness (QED) is 0.788. The molecule has 17 heavy (non-hydrogen) atoms. The molecule has 1 heterocycles. The van der Waals surface area contributed by atoms with Crippen molar-refractivity contribution in [2.45, 2.75) is 46.1 Å². The minimum atomic E-state index is 0.0868. The number of amides is 2. The SMILES string of the molecule is CC1CCCN(C(=O)NC(CCN)C(C)C)C1. The van der Waals surface area contributed by atoms with Gasteiger partial charge in [0.15, 0.2) is 0 Å². The summed E-state index contributed by atoms with van der Waals surface area (Å²) < 4.78 is 0. The number of nitrogens with zero attached hydrogens (tertiary/aromatic N) is 1. The molecule has 0 radical (unpaired) electrons. The Bertz CT molecular complexity index is 243. The molecular weight excluding hydrogens is 214 g/mol. The monoisotopic (exact) mass is 241 g/mol. The molecule has 100 valence electrons. The summed E-state index contributed by atoms with van der Waals surface area (Å²) in [5.41, 5.74) is 5.58. The van der Waals surface area contributed by atoms with Crippen LogP contribution in [0.3, 0.4) is 0 Å². The van der Waals surface area contributed by atoms with Crippen molar-refractivity contribution in [1.29, 1.82) is 0 Å². The summed E-state index contributed by atoms with van der Waals surface area (Å²) in [6.07, 6.45) is 3.21. The number of carbonyl (C=O) groups is 1. The summed E-state index contributed by atoms with van der Waals surface area (Å²) in [6.45, 7) is 8.86. The Hall–Kier alpha value is -0.770. The molecular formula is C13H27N3O. The second kappa shape index (κ2) is 6.84. The molecule has 1 saturated heterocycles. The second-order valence-corrected chi connectivity index (χ2v) is 5.57. The summed E-state index contributed by atoms with van der Waals surface area (Å²) in [4.78, 5) is 14.1. The number of likely N-dealkylation sites (tertiary alicyclic amines) is 1. The first-order chi connectivity index (χ1) is 8.04. The average molecular weight is 241 g/mol. The molecule has 0 spiro atoms. The Labute approximate surface area is 105 Å². The van der Waals surface area contributed by atoms with Crippen LogP contribution >= 0.6 is 0 Å². The fourth-order valence-electron chi connectivity index (χ4n) is 2.38. The number of nitrogens with one attached hydrogen (secondary N) is 1. The Morgan fingerprint density at radius 3 is 2.76 bits per heavy atom. The largest absolute Gasteiger partial charge is 0.335 e. The van der Waals surface area contributed by atoms with Crippen molar-refractivity contribution in [2.24, 2.45) is 17.6 Å². The first-order valence-corrected chi connectivity index (χ1v) is 6.80. The van der Waals surface area contributed by atoms with Crippen LogP contribution < -0.4 is 11.1 Å². The predicted molar refractivity (Wildman–Crippen MR) is 70.8 cm³/mol. The number of hydrogen-bond donors (Lipinski definition) is 2. The van der Waals surface area contributed by atoms with Crippen LogP contribution in [0.15, 0.2) is 0 Å². The van der Waals surface area contributed by atoms with Gasteiger partial charge in [-0.3, -0.25) is 0 Å². The first kappa shape index (κ1) is 14.3. The average Bonchev–Trinajstić information content (AvgIpc) is 2.28. The van der Waals surface area contributed by atoms with Crippen molar-refractivity contribution in [3.05, 3.63) is 0 Å². The number of hydrogen-bond acceptors (Lipinski definition) is 2. The van der Waals surface area contributed by atoms with Gasteiger partial charge in [0.1, 0.15) is 0 Å². The van der Waals surface area contributed by atoms with Gasteiger partial charge >= 0.3 is 6.03 Å². The van der Waals surface area contributed by atoms with Gasteiger partial charge in [-0.15, -0.1) is 0 Å². The lowest BCUT2D eigenvalue weighted by atomic mass is 10.00. The molecule has 4 nitrogen and oxygen atoms in total. The molecule has 0 aliphatic carbocycles. The van der Waals surface area contributed by atoms with E-state index in [1.54, 1.807) is 0 Å². The fourth-order valence-corrected chi connectivity index (χ4v) is 2.38. The van der Waals surface area contributed by atoms with Crippen LogP contribution in [0.4, 0.5) is 4.79 Å². The summed E-state index contributed by atoms with van der Waals surface area (Å²) in [6, 6.07) is 0.286. The topological polar surface area (TPSA) is 58.4 Å². The van der Waals surface area contributed by atoms with Gasteiger partial charge in [0.05, 0.1) is 0 Å². The van der Waals surface area contributed by atoms with Crippen LogP contribution in [0, 0.1) is 11.8 Å². The van der Waals surface area contributed by atoms with Crippen molar-refractivity contribution in [3.63, 3.8) is 0 Å². The second-order valence-electron chi connectivity index (χ2n) is 5.57. The molecule has 3 N–H and O–H groups in total. The molecule has 0 saturated carbocycles. The molecule has 2 unspecified atom stereocenters. The lowest BCUT2D eigenvalue weighted by molar-refractivity contribution is 0.163. The maximum Gasteiger partial charge on any atom is 0.317 e. The van der Waals surface area contributed by atoms with Crippen LogP contribution in [0.2, 0.25) is 0 Å². The van der Waals surface area contributed by atoms with Crippen LogP contribution in [0.25, 0.3) is 0 Å². The van der Waals surface area contributed by atoms with Gasteiger partial charge in [0.25, 0.3) is 0 Å². The number of urea groups is 1. The molecule has 1 fully saturated rings. The van der Waals surface area contributed by atoms with Gasteiger partial charge in [0.2, 0.25) is 0 Å². The first-order valence-electron chi connectivity index (χ1n) is 6.80. The zero-order chi connectivity index (χ0) is 12.8. The van der Waals surface area contributed by atoms with Crippen molar-refractivity contribution in [3.8, 4) is 0 Å². The Kier molecular flexibility index (Phi) is 5.75. The molecule has 2 atom stereocenters. The van der Waals surface area contributed by atoms with E-state index in [2.05, 4.69) is 26.1 Å². The highest BCUT2D eigenvalue weighted by Crippen LogP contribution is 2.16. The smallest absolute Gasteiger partial charge is 0.317 e. The van der Waals surface area contributed by atoms with Crippen molar-refractivity contribution in [1.82, 2.24) is 10.2 Å². The summed E-state index contributed by atoms with van der Waals surface area (Å²) >= 11 is 0. The van der Waals surface area contributed by atoms with E-state index < -0.39 is 0 Å². The molecule has 1 aliphatic heterocycles. The molecule has 0 aromatic heterocycles. The van der Waals surface area contributed by atoms with Gasteiger partial charge in [-0.1, -0.05) is 20.8 Å². The van der Waals surface area contributed by atoms with E-state index in [0.717, 1.165) is 25.9 Å². The third-order valence-electron chi connectivity index (χ3n) is 3.54. The van der Waals surface area contributed by atoms with E-state index >= 15 is 0 Å². The zero-order valence-corrected chi connectivity index (χ0v) is 11.4. The molecule has 1 rings (SSSR count). The zero-order valence-electron chi connectivity index (χ0n) is 11.4. The van der Waals surface area contributed by atoms with Crippen LogP contribution in [0.1, 0.15) is 40.0 Å². The molecule has 0 aromatic rings. The van der Waals surface area contributed by atoms with Crippen molar-refractivity contribution < 1.29 is 4.79 Å². The van der Waals surface area contributed by atoms with Gasteiger partial charge in [-0.25, -0.2) is 4.79 Å². The van der Waals surface area contributed by atoms with Gasteiger partial charge < -0.3 is 16.0 Å². The Morgan fingerprint density at radius 2 is 2.24 bits per heavy atom. The summed E-state index contributed by atoms with van der Waals surface area (Å²) in [5.74, 6) is 1.06. The number of piperidine rings is 1. The van der Waals surface area contributed by atoms with E-state index in [1.807, 2.05) is 4.90 Å². The van der Waals surface area contributed by atoms with Gasteiger partial charge in [-0.2, -0.15) is 0 Å². The lowest BCUT2D eigenvalue weighted by Crippen LogP contribution is -2.50. The normalized spacial score (nSPS) is 22.6. The van der Waals surface area contributed by atoms with Crippen LogP contribution in [-0.2, 0) is 0 Å². The van der Waals surface area contributed by atoms with E-state index in [9.17, 15) is 4.79 Å². The predicted octanol–water partition coefficient (Wildman–Crippen LogP) is 1.80. The number of carbonyl (C=O) groups excluding carboxylic acids is 1. The van der Waals surface area contributed by atoms with Crippen LogP contribution in [-0.4, -0.2) is 36.6 Å². The van der Waals surface area contributed by atoms with E-state index in [-0.39, 0.29) is 12.1 Å². The highest BCUT2D eigenvalue weighted by atomic mass is 16.2. The summed E-state index contributed by atoms with van der Waals surface area (Å²) in [5, 5.41) is 3.11.